The van der Waals surface area contributed by atoms with Gasteiger partial charge in [-0.05, 0) is 12.8 Å². The van der Waals surface area contributed by atoms with Gasteiger partial charge in [-0.25, -0.2) is 8.78 Å². The van der Waals surface area contributed by atoms with E-state index in [0.717, 1.165) is 19.3 Å². The molecule has 1 aliphatic carbocycles. The molecule has 0 aromatic heterocycles. The number of carbonyl (C=O) groups excluding carboxylic acids is 1. The van der Waals surface area contributed by atoms with Gasteiger partial charge in [0, 0.05) is 6.42 Å². The molecule has 0 aromatic rings. The molecule has 2 atom stereocenters. The molecule has 1 N–H and O–H groups in total. The van der Waals surface area contributed by atoms with E-state index in [1.165, 1.54) is 0 Å². The van der Waals surface area contributed by atoms with Crippen molar-refractivity contribution < 1.29 is 41.3 Å². The van der Waals surface area contributed by atoms with Gasteiger partial charge in [0.1, 0.15) is 12.7 Å². The number of hydrogen-bond donors (Lipinski definition) is 1. The van der Waals surface area contributed by atoms with Crippen LogP contribution in [0.25, 0.3) is 0 Å². The number of hydrogen-bond acceptors (Lipinski definition) is 4. The van der Waals surface area contributed by atoms with Crippen molar-refractivity contribution in [3.8, 4) is 0 Å². The molecule has 2 fully saturated rings. The third kappa shape index (κ3) is 3.19. The van der Waals surface area contributed by atoms with Crippen LogP contribution in [0.3, 0.4) is 0 Å². The normalized spacial score (nSPS) is 32.9. The lowest BCUT2D eigenvalue weighted by atomic mass is 9.89. The van der Waals surface area contributed by atoms with E-state index in [1.54, 1.807) is 0 Å². The summed E-state index contributed by atoms with van der Waals surface area (Å²) in [6.45, 7) is -0.733. The molecular formula is C13H17F5O4. The first kappa shape index (κ1) is 17.4. The van der Waals surface area contributed by atoms with Gasteiger partial charge < -0.3 is 14.6 Å². The summed E-state index contributed by atoms with van der Waals surface area (Å²) in [7, 11) is 0. The Bertz CT molecular complexity index is 419. The monoisotopic (exact) mass is 332 g/mol. The molecule has 4 nitrogen and oxygen atoms in total. The SMILES string of the molecule is O=C(OCC1CC(F)(F)C(O)(C(F)(F)F)O1)C1CCCCC1. The average Bonchev–Trinajstić information content (AvgIpc) is 2.67. The Morgan fingerprint density at radius 1 is 1.23 bits per heavy atom. The van der Waals surface area contributed by atoms with Crippen molar-refractivity contribution >= 4 is 5.97 Å². The van der Waals surface area contributed by atoms with Crippen molar-refractivity contribution in [2.24, 2.45) is 5.92 Å². The van der Waals surface area contributed by atoms with E-state index in [-0.39, 0.29) is 5.92 Å². The molecule has 2 rings (SSSR count). The lowest BCUT2D eigenvalue weighted by molar-refractivity contribution is -0.407. The van der Waals surface area contributed by atoms with Crippen molar-refractivity contribution in [2.75, 3.05) is 6.61 Å². The van der Waals surface area contributed by atoms with Crippen LogP contribution >= 0.6 is 0 Å². The summed E-state index contributed by atoms with van der Waals surface area (Å²) in [6, 6.07) is 0. The van der Waals surface area contributed by atoms with Crippen LogP contribution in [0.15, 0.2) is 0 Å². The van der Waals surface area contributed by atoms with E-state index >= 15 is 0 Å². The quantitative estimate of drug-likeness (QED) is 0.638. The van der Waals surface area contributed by atoms with Gasteiger partial charge in [-0.1, -0.05) is 19.3 Å². The molecule has 0 aromatic carbocycles. The second kappa shape index (κ2) is 5.92. The molecule has 1 saturated carbocycles. The lowest BCUT2D eigenvalue weighted by Crippen LogP contribution is -2.56. The summed E-state index contributed by atoms with van der Waals surface area (Å²) >= 11 is 0. The Kier molecular flexibility index (Phi) is 4.68. The molecule has 22 heavy (non-hydrogen) atoms. The van der Waals surface area contributed by atoms with Crippen molar-refractivity contribution in [3.05, 3.63) is 0 Å². The van der Waals surface area contributed by atoms with Crippen molar-refractivity contribution in [2.45, 2.75) is 62.5 Å². The molecule has 1 saturated heterocycles. The van der Waals surface area contributed by atoms with Crippen LogP contribution in [0, 0.1) is 5.92 Å². The Hall–Kier alpha value is -0.960. The molecule has 9 heteroatoms. The molecule has 1 heterocycles. The van der Waals surface area contributed by atoms with Crippen LogP contribution < -0.4 is 0 Å². The van der Waals surface area contributed by atoms with Crippen molar-refractivity contribution in [1.82, 2.24) is 0 Å². The number of aliphatic hydroxyl groups is 1. The highest BCUT2D eigenvalue weighted by Gasteiger charge is 2.75. The molecule has 2 aliphatic rings. The maximum atomic E-state index is 13.4. The molecule has 0 amide bonds. The van der Waals surface area contributed by atoms with E-state index in [1.807, 2.05) is 0 Å². The van der Waals surface area contributed by atoms with Gasteiger partial charge in [-0.2, -0.15) is 13.2 Å². The van der Waals surface area contributed by atoms with Crippen LogP contribution in [0.2, 0.25) is 0 Å². The highest BCUT2D eigenvalue weighted by atomic mass is 19.4. The second-order valence-electron chi connectivity index (χ2n) is 5.76. The molecule has 1 aliphatic heterocycles. The standard InChI is InChI=1S/C13H17F5O4/c14-11(15)6-9(22-12(11,20)13(16,17)18)7-21-10(19)8-4-2-1-3-5-8/h8-9,20H,1-7H2. The first-order valence-corrected chi connectivity index (χ1v) is 7.08. The summed E-state index contributed by atoms with van der Waals surface area (Å²) in [5.74, 6) is -10.00. The van der Waals surface area contributed by atoms with Gasteiger partial charge in [-0.15, -0.1) is 0 Å². The summed E-state index contributed by atoms with van der Waals surface area (Å²) < 4.78 is 73.2. The van der Waals surface area contributed by atoms with Gasteiger partial charge in [0.05, 0.1) is 5.92 Å². The molecule has 0 bridgehead atoms. The molecule has 0 radical (unpaired) electrons. The van der Waals surface area contributed by atoms with Gasteiger partial charge in [-0.3, -0.25) is 4.79 Å². The smallest absolute Gasteiger partial charge is 0.449 e. The van der Waals surface area contributed by atoms with Crippen LogP contribution in [-0.4, -0.2) is 41.7 Å². The molecule has 2 unspecified atom stereocenters. The lowest BCUT2D eigenvalue weighted by Gasteiger charge is -2.29. The van der Waals surface area contributed by atoms with E-state index in [2.05, 4.69) is 4.74 Å². The number of rotatable bonds is 3. The number of halogens is 5. The fourth-order valence-electron chi connectivity index (χ4n) is 2.79. The zero-order valence-electron chi connectivity index (χ0n) is 11.7. The summed E-state index contributed by atoms with van der Waals surface area (Å²) in [6.07, 6.45) is -4.76. The average molecular weight is 332 g/mol. The largest absolute Gasteiger partial charge is 0.463 e. The number of alkyl halides is 5. The topological polar surface area (TPSA) is 55.8 Å². The zero-order chi connectivity index (χ0) is 16.6. The Morgan fingerprint density at radius 3 is 2.32 bits per heavy atom. The predicted octanol–water partition coefficient (Wildman–Crippen LogP) is 2.79. The predicted molar refractivity (Wildman–Crippen MR) is 63.0 cm³/mol. The van der Waals surface area contributed by atoms with Crippen LogP contribution in [0.1, 0.15) is 38.5 Å². The van der Waals surface area contributed by atoms with Crippen molar-refractivity contribution in [3.63, 3.8) is 0 Å². The van der Waals surface area contributed by atoms with Crippen molar-refractivity contribution in [1.29, 1.82) is 0 Å². The third-order valence-electron chi connectivity index (χ3n) is 4.05. The first-order valence-electron chi connectivity index (χ1n) is 7.08. The third-order valence-corrected chi connectivity index (χ3v) is 4.05. The van der Waals surface area contributed by atoms with Gasteiger partial charge in [0.15, 0.2) is 0 Å². The molecule has 0 spiro atoms. The summed E-state index contributed by atoms with van der Waals surface area (Å²) in [5.41, 5.74) is 0. The van der Waals surface area contributed by atoms with E-state index in [4.69, 9.17) is 9.84 Å². The number of carbonyl (C=O) groups is 1. The van der Waals surface area contributed by atoms with Gasteiger partial charge >= 0.3 is 23.9 Å². The van der Waals surface area contributed by atoms with E-state index in [0.29, 0.717) is 12.8 Å². The number of ether oxygens (including phenoxy) is 2. The first-order chi connectivity index (χ1) is 10.1. The Morgan fingerprint density at radius 2 is 1.82 bits per heavy atom. The zero-order valence-corrected chi connectivity index (χ0v) is 11.7. The fraction of sp³-hybridized carbons (Fsp3) is 0.923. The van der Waals surface area contributed by atoms with E-state index in [9.17, 15) is 26.7 Å². The maximum absolute atomic E-state index is 13.4. The van der Waals surface area contributed by atoms with Gasteiger partial charge in [0.25, 0.3) is 0 Å². The second-order valence-corrected chi connectivity index (χ2v) is 5.76. The van der Waals surface area contributed by atoms with Crippen LogP contribution in [-0.2, 0) is 14.3 Å². The Labute approximate surface area is 123 Å². The fourth-order valence-corrected chi connectivity index (χ4v) is 2.79. The van der Waals surface area contributed by atoms with Crippen LogP contribution in [0.5, 0.6) is 0 Å². The molecule has 128 valence electrons. The minimum atomic E-state index is -5.64. The van der Waals surface area contributed by atoms with Crippen LogP contribution in [0.4, 0.5) is 22.0 Å². The summed E-state index contributed by atoms with van der Waals surface area (Å²) in [5, 5.41) is 9.10. The minimum Gasteiger partial charge on any atom is -0.463 e. The Balaban J connectivity index is 1.91. The highest BCUT2D eigenvalue weighted by Crippen LogP contribution is 2.51. The maximum Gasteiger partial charge on any atom is 0.449 e. The molecular weight excluding hydrogens is 315 g/mol. The number of esters is 1. The van der Waals surface area contributed by atoms with Gasteiger partial charge in [0.2, 0.25) is 0 Å². The highest BCUT2D eigenvalue weighted by molar-refractivity contribution is 5.72. The summed E-state index contributed by atoms with van der Waals surface area (Å²) in [4.78, 5) is 11.7. The minimum absolute atomic E-state index is 0.350. The van der Waals surface area contributed by atoms with E-state index < -0.39 is 43.0 Å².